The first kappa shape index (κ1) is 24.0. The van der Waals surface area contributed by atoms with Crippen LogP contribution < -0.4 is 0 Å². The molecule has 1 atom stereocenters. The molecule has 1 fully saturated rings. The van der Waals surface area contributed by atoms with Crippen LogP contribution in [0.2, 0.25) is 0 Å². The van der Waals surface area contributed by atoms with Crippen LogP contribution in [-0.4, -0.2) is 56.0 Å². The molecule has 1 saturated heterocycles. The zero-order chi connectivity index (χ0) is 25.4. The number of carbonyl (C=O) groups is 2. The molecular weight excluding hydrogens is 454 g/mol. The number of likely N-dealkylation sites (tertiary alicyclic amines) is 1. The molecule has 0 spiro atoms. The Morgan fingerprint density at radius 1 is 1.14 bits per heavy atom. The van der Waals surface area contributed by atoms with E-state index in [0.717, 1.165) is 64.0 Å². The highest BCUT2D eigenvalue weighted by Crippen LogP contribution is 2.25. The third-order valence-electron chi connectivity index (χ3n) is 7.00. The highest BCUT2D eigenvalue weighted by molar-refractivity contribution is 5.98. The van der Waals surface area contributed by atoms with Gasteiger partial charge in [0.2, 0.25) is 0 Å². The van der Waals surface area contributed by atoms with Gasteiger partial charge < -0.3 is 19.2 Å². The lowest BCUT2D eigenvalue weighted by Gasteiger charge is -2.31. The summed E-state index contributed by atoms with van der Waals surface area (Å²) in [7, 11) is 0. The van der Waals surface area contributed by atoms with Crippen molar-refractivity contribution in [1.82, 2.24) is 24.4 Å². The van der Waals surface area contributed by atoms with E-state index in [1.807, 2.05) is 19.1 Å². The van der Waals surface area contributed by atoms with Crippen LogP contribution in [0.3, 0.4) is 0 Å². The zero-order valence-corrected chi connectivity index (χ0v) is 21.4. The second-order valence-corrected chi connectivity index (χ2v) is 9.67. The Kier molecular flexibility index (Phi) is 6.51. The third-order valence-corrected chi connectivity index (χ3v) is 7.00. The van der Waals surface area contributed by atoms with Gasteiger partial charge in [-0.1, -0.05) is 13.0 Å². The minimum Gasteiger partial charge on any atom is -0.466 e. The van der Waals surface area contributed by atoms with E-state index < -0.39 is 0 Å². The standard InChI is InChI=1S/C28H33N5O3/c1-5-24-31-25-17(3)12-18(4)29-26(25)33(24)15-19-9-10-22-21(13-19)14-23(30-22)27(34)32-11-7-8-20(16-32)28(35)36-6-2/h9-10,12-14,20,30H,5-8,11,15-16H2,1-4H3. The molecule has 1 aliphatic heterocycles. The molecule has 1 unspecified atom stereocenters. The Labute approximate surface area is 210 Å². The second kappa shape index (κ2) is 9.76. The molecule has 4 aromatic rings. The van der Waals surface area contributed by atoms with E-state index in [-0.39, 0.29) is 17.8 Å². The number of H-pyrrole nitrogens is 1. The number of esters is 1. The molecule has 5 rings (SSSR count). The van der Waals surface area contributed by atoms with Gasteiger partial charge in [-0.25, -0.2) is 9.97 Å². The SMILES string of the molecule is CCOC(=O)C1CCCN(C(=O)c2cc3cc(Cn4c(CC)nc5c(C)cc(C)nc54)ccc3[nH]2)C1. The van der Waals surface area contributed by atoms with E-state index in [2.05, 4.69) is 41.6 Å². The maximum atomic E-state index is 13.3. The first-order valence-corrected chi connectivity index (χ1v) is 12.8. The van der Waals surface area contributed by atoms with Gasteiger partial charge in [0, 0.05) is 36.1 Å². The number of ether oxygens (including phenoxy) is 1. The monoisotopic (exact) mass is 487 g/mol. The number of rotatable bonds is 6. The van der Waals surface area contributed by atoms with Gasteiger partial charge in [0.1, 0.15) is 17.0 Å². The Hall–Kier alpha value is -3.68. The second-order valence-electron chi connectivity index (χ2n) is 9.67. The minimum atomic E-state index is -0.253. The van der Waals surface area contributed by atoms with Crippen molar-refractivity contribution in [2.24, 2.45) is 5.92 Å². The fourth-order valence-electron chi connectivity index (χ4n) is 5.25. The average Bonchev–Trinajstić information content (AvgIpc) is 3.45. The Morgan fingerprint density at radius 2 is 1.97 bits per heavy atom. The van der Waals surface area contributed by atoms with Gasteiger partial charge in [0.15, 0.2) is 5.65 Å². The number of hydrogen-bond donors (Lipinski definition) is 1. The van der Waals surface area contributed by atoms with Crippen molar-refractivity contribution in [3.63, 3.8) is 0 Å². The number of hydrogen-bond acceptors (Lipinski definition) is 5. The number of piperidine rings is 1. The molecule has 4 heterocycles. The molecule has 1 aliphatic rings. The van der Waals surface area contributed by atoms with Crippen molar-refractivity contribution in [3.05, 3.63) is 58.7 Å². The molecule has 8 nitrogen and oxygen atoms in total. The number of nitrogens with one attached hydrogen (secondary N) is 1. The maximum Gasteiger partial charge on any atom is 0.310 e. The number of aromatic amines is 1. The molecule has 188 valence electrons. The van der Waals surface area contributed by atoms with Gasteiger partial charge in [0.25, 0.3) is 5.91 Å². The van der Waals surface area contributed by atoms with Crippen LogP contribution in [0.4, 0.5) is 0 Å². The highest BCUT2D eigenvalue weighted by Gasteiger charge is 2.30. The van der Waals surface area contributed by atoms with Crippen LogP contribution in [-0.2, 0) is 22.5 Å². The van der Waals surface area contributed by atoms with Crippen LogP contribution in [0.25, 0.3) is 22.1 Å². The lowest BCUT2D eigenvalue weighted by Crippen LogP contribution is -2.42. The van der Waals surface area contributed by atoms with Crippen LogP contribution in [0.15, 0.2) is 30.3 Å². The first-order chi connectivity index (χ1) is 17.4. The molecule has 1 amide bonds. The molecule has 1 aromatic carbocycles. The van der Waals surface area contributed by atoms with E-state index in [9.17, 15) is 9.59 Å². The predicted molar refractivity (Wildman–Crippen MR) is 139 cm³/mol. The highest BCUT2D eigenvalue weighted by atomic mass is 16.5. The number of aromatic nitrogens is 4. The van der Waals surface area contributed by atoms with Crippen LogP contribution in [0.5, 0.6) is 0 Å². The predicted octanol–water partition coefficient (Wildman–Crippen LogP) is 4.56. The molecule has 8 heteroatoms. The molecule has 3 aromatic heterocycles. The molecule has 0 radical (unpaired) electrons. The van der Waals surface area contributed by atoms with Gasteiger partial charge in [-0.05, 0) is 69.0 Å². The fourth-order valence-corrected chi connectivity index (χ4v) is 5.25. The Balaban J connectivity index is 1.40. The normalized spacial score (nSPS) is 16.1. The first-order valence-electron chi connectivity index (χ1n) is 12.8. The maximum absolute atomic E-state index is 13.3. The number of amides is 1. The van der Waals surface area contributed by atoms with E-state index in [1.54, 1.807) is 11.8 Å². The minimum absolute atomic E-state index is 0.0780. The number of carbonyl (C=O) groups excluding carboxylic acids is 2. The average molecular weight is 488 g/mol. The third kappa shape index (κ3) is 4.47. The number of nitrogens with zero attached hydrogens (tertiary/aromatic N) is 4. The number of benzene rings is 1. The Bertz CT molecular complexity index is 1450. The van der Waals surface area contributed by atoms with Crippen molar-refractivity contribution in [1.29, 1.82) is 0 Å². The summed E-state index contributed by atoms with van der Waals surface area (Å²) in [5.74, 6) is 0.468. The number of pyridine rings is 1. The van der Waals surface area contributed by atoms with E-state index in [4.69, 9.17) is 14.7 Å². The topological polar surface area (TPSA) is 93.1 Å². The summed E-state index contributed by atoms with van der Waals surface area (Å²) in [6, 6.07) is 10.2. The van der Waals surface area contributed by atoms with Crippen molar-refractivity contribution in [3.8, 4) is 0 Å². The number of aryl methyl sites for hydroxylation is 3. The van der Waals surface area contributed by atoms with Crippen molar-refractivity contribution < 1.29 is 14.3 Å². The molecule has 1 N–H and O–H groups in total. The quantitative estimate of drug-likeness (QED) is 0.403. The molecule has 0 aliphatic carbocycles. The summed E-state index contributed by atoms with van der Waals surface area (Å²) in [5.41, 5.74) is 6.56. The summed E-state index contributed by atoms with van der Waals surface area (Å²) >= 11 is 0. The summed E-state index contributed by atoms with van der Waals surface area (Å²) in [6.45, 7) is 10.1. The fraction of sp³-hybridized carbons (Fsp3) is 0.429. The largest absolute Gasteiger partial charge is 0.466 e. The van der Waals surface area contributed by atoms with Gasteiger partial charge in [-0.3, -0.25) is 9.59 Å². The smallest absolute Gasteiger partial charge is 0.310 e. The molecule has 0 bridgehead atoms. The van der Waals surface area contributed by atoms with Gasteiger partial charge in [-0.2, -0.15) is 0 Å². The summed E-state index contributed by atoms with van der Waals surface area (Å²) in [4.78, 5) is 40.1. The van der Waals surface area contributed by atoms with Crippen LogP contribution >= 0.6 is 0 Å². The van der Waals surface area contributed by atoms with E-state index in [1.165, 1.54) is 0 Å². The van der Waals surface area contributed by atoms with E-state index >= 15 is 0 Å². The lowest BCUT2D eigenvalue weighted by molar-refractivity contribution is -0.149. The van der Waals surface area contributed by atoms with Crippen LogP contribution in [0, 0.1) is 19.8 Å². The molecule has 36 heavy (non-hydrogen) atoms. The van der Waals surface area contributed by atoms with Crippen LogP contribution in [0.1, 0.15) is 59.8 Å². The summed E-state index contributed by atoms with van der Waals surface area (Å²) in [5, 5.41) is 0.984. The van der Waals surface area contributed by atoms with Gasteiger partial charge in [-0.15, -0.1) is 0 Å². The van der Waals surface area contributed by atoms with Crippen molar-refractivity contribution in [2.75, 3.05) is 19.7 Å². The Morgan fingerprint density at radius 3 is 2.75 bits per heavy atom. The van der Waals surface area contributed by atoms with E-state index in [0.29, 0.717) is 31.9 Å². The van der Waals surface area contributed by atoms with Crippen molar-refractivity contribution >= 4 is 33.9 Å². The van der Waals surface area contributed by atoms with Crippen molar-refractivity contribution in [2.45, 2.75) is 53.5 Å². The summed E-state index contributed by atoms with van der Waals surface area (Å²) in [6.07, 6.45) is 2.38. The van der Waals surface area contributed by atoms with Gasteiger partial charge in [0.05, 0.1) is 19.1 Å². The number of fused-ring (bicyclic) bond motifs is 2. The molecular formula is C28H33N5O3. The lowest BCUT2D eigenvalue weighted by atomic mass is 9.98. The van der Waals surface area contributed by atoms with Gasteiger partial charge >= 0.3 is 5.97 Å². The summed E-state index contributed by atoms with van der Waals surface area (Å²) < 4.78 is 7.37. The zero-order valence-electron chi connectivity index (χ0n) is 21.4. The molecule has 0 saturated carbocycles. The number of imidazole rings is 1.